The van der Waals surface area contributed by atoms with Crippen molar-refractivity contribution in [1.29, 1.82) is 0 Å². The van der Waals surface area contributed by atoms with E-state index in [0.29, 0.717) is 15.8 Å². The van der Waals surface area contributed by atoms with Gasteiger partial charge in [-0.2, -0.15) is 0 Å². The van der Waals surface area contributed by atoms with E-state index in [9.17, 15) is 8.78 Å². The van der Waals surface area contributed by atoms with Gasteiger partial charge in [0.15, 0.2) is 11.6 Å². The number of fused-ring (bicyclic) bond motifs is 1. The number of hydrogen-bond donors (Lipinski definition) is 2. The van der Waals surface area contributed by atoms with E-state index >= 15 is 0 Å². The Hall–Kier alpha value is -2.21. The Labute approximate surface area is 127 Å². The average molecular weight is 350 g/mol. The minimum atomic E-state index is -0.701. The first-order chi connectivity index (χ1) is 10.1. The second kappa shape index (κ2) is 5.29. The smallest absolute Gasteiger partial charge is 0.150 e. The molecule has 0 aliphatic carbocycles. The lowest BCUT2D eigenvalue weighted by Crippen LogP contribution is -2.01. The minimum absolute atomic E-state index is 0.242. The summed E-state index contributed by atoms with van der Waals surface area (Å²) in [4.78, 5) is 4.17. The van der Waals surface area contributed by atoms with Crippen LogP contribution in [0.2, 0.25) is 0 Å². The first kappa shape index (κ1) is 13.8. The highest BCUT2D eigenvalue weighted by molar-refractivity contribution is 9.10. The number of nitrogens with one attached hydrogen (secondary N) is 1. The molecule has 0 unspecified atom stereocenters. The van der Waals surface area contributed by atoms with Crippen molar-refractivity contribution in [3.63, 3.8) is 0 Å². The number of benzene rings is 2. The fourth-order valence-electron chi connectivity index (χ4n) is 2.08. The van der Waals surface area contributed by atoms with Gasteiger partial charge in [-0.1, -0.05) is 15.9 Å². The highest BCUT2D eigenvalue weighted by Gasteiger charge is 2.13. The zero-order valence-electron chi connectivity index (χ0n) is 10.7. The molecule has 0 fully saturated rings. The molecule has 0 aliphatic rings. The third kappa shape index (κ3) is 2.54. The molecular weight excluding hydrogens is 340 g/mol. The molecule has 0 atom stereocenters. The number of nitrogens with two attached hydrogens (primary N) is 1. The average Bonchev–Trinajstić information content (AvgIpc) is 2.45. The Bertz CT molecular complexity index is 813. The number of nitrogens with zero attached hydrogens (tertiary/aromatic N) is 1. The van der Waals surface area contributed by atoms with E-state index in [0.717, 1.165) is 10.9 Å². The van der Waals surface area contributed by atoms with Crippen LogP contribution in [0.15, 0.2) is 47.1 Å². The standard InChI is InChI=1S/C15H10BrF2N3/c16-8-6-10(17)15(11(18)7-8)21-13-4-3-12-9(14(13)19)2-1-5-20-12/h1-7,21H,19H2. The molecule has 0 spiro atoms. The summed E-state index contributed by atoms with van der Waals surface area (Å²) in [6.45, 7) is 0. The van der Waals surface area contributed by atoms with Crippen LogP contribution < -0.4 is 11.1 Å². The fourth-order valence-corrected chi connectivity index (χ4v) is 2.48. The molecule has 3 rings (SSSR count). The van der Waals surface area contributed by atoms with Crippen molar-refractivity contribution < 1.29 is 8.78 Å². The number of hydrogen-bond acceptors (Lipinski definition) is 3. The lowest BCUT2D eigenvalue weighted by Gasteiger charge is -2.13. The predicted octanol–water partition coefficient (Wildman–Crippen LogP) is 4.60. The van der Waals surface area contributed by atoms with Crippen molar-refractivity contribution in [1.82, 2.24) is 4.98 Å². The Morgan fingerprint density at radius 1 is 1.10 bits per heavy atom. The maximum Gasteiger partial charge on any atom is 0.150 e. The number of nitrogen functional groups attached to an aromatic ring is 1. The number of aromatic nitrogens is 1. The lowest BCUT2D eigenvalue weighted by atomic mass is 10.1. The maximum atomic E-state index is 13.9. The summed E-state index contributed by atoms with van der Waals surface area (Å²) in [7, 11) is 0. The van der Waals surface area contributed by atoms with E-state index in [4.69, 9.17) is 5.73 Å². The molecule has 0 amide bonds. The maximum absolute atomic E-state index is 13.9. The van der Waals surface area contributed by atoms with E-state index < -0.39 is 11.6 Å². The number of halogens is 3. The van der Waals surface area contributed by atoms with E-state index in [1.807, 2.05) is 0 Å². The van der Waals surface area contributed by atoms with Gasteiger partial charge in [0.1, 0.15) is 5.69 Å². The molecule has 1 aromatic heterocycles. The van der Waals surface area contributed by atoms with Crippen molar-refractivity contribution in [3.05, 3.63) is 58.7 Å². The fraction of sp³-hybridized carbons (Fsp3) is 0. The highest BCUT2D eigenvalue weighted by Crippen LogP contribution is 2.32. The SMILES string of the molecule is Nc1c(Nc2c(F)cc(Br)cc2F)ccc2ncccc12. The van der Waals surface area contributed by atoms with Gasteiger partial charge in [0, 0.05) is 16.1 Å². The Balaban J connectivity index is 2.09. The summed E-state index contributed by atoms with van der Waals surface area (Å²) >= 11 is 3.04. The van der Waals surface area contributed by atoms with Crippen LogP contribution in [0.3, 0.4) is 0 Å². The van der Waals surface area contributed by atoms with E-state index in [2.05, 4.69) is 26.2 Å². The summed E-state index contributed by atoms with van der Waals surface area (Å²) in [5, 5.41) is 3.43. The molecule has 1 heterocycles. The topological polar surface area (TPSA) is 50.9 Å². The molecule has 6 heteroatoms. The largest absolute Gasteiger partial charge is 0.396 e. The van der Waals surface area contributed by atoms with E-state index in [-0.39, 0.29) is 5.69 Å². The van der Waals surface area contributed by atoms with Gasteiger partial charge in [0.2, 0.25) is 0 Å². The van der Waals surface area contributed by atoms with Gasteiger partial charge in [0.25, 0.3) is 0 Å². The monoisotopic (exact) mass is 349 g/mol. The molecule has 0 saturated heterocycles. The van der Waals surface area contributed by atoms with Crippen molar-refractivity contribution in [2.45, 2.75) is 0 Å². The van der Waals surface area contributed by atoms with Crippen LogP contribution in [0.4, 0.5) is 25.8 Å². The molecule has 21 heavy (non-hydrogen) atoms. The quantitative estimate of drug-likeness (QED) is 0.664. The third-order valence-corrected chi connectivity index (χ3v) is 3.55. The molecule has 3 aromatic rings. The zero-order chi connectivity index (χ0) is 15.0. The van der Waals surface area contributed by atoms with Gasteiger partial charge in [-0.15, -0.1) is 0 Å². The van der Waals surface area contributed by atoms with Crippen LogP contribution >= 0.6 is 15.9 Å². The van der Waals surface area contributed by atoms with Gasteiger partial charge >= 0.3 is 0 Å². The van der Waals surface area contributed by atoms with Crippen LogP contribution in [0.1, 0.15) is 0 Å². The Morgan fingerprint density at radius 2 is 1.81 bits per heavy atom. The van der Waals surface area contributed by atoms with Crippen molar-refractivity contribution in [3.8, 4) is 0 Å². The van der Waals surface area contributed by atoms with Gasteiger partial charge in [-0.3, -0.25) is 4.98 Å². The van der Waals surface area contributed by atoms with Crippen LogP contribution in [-0.2, 0) is 0 Å². The van der Waals surface area contributed by atoms with Gasteiger partial charge in [0.05, 0.1) is 16.9 Å². The third-order valence-electron chi connectivity index (χ3n) is 3.09. The number of anilines is 3. The van der Waals surface area contributed by atoms with Crippen LogP contribution in [0.25, 0.3) is 10.9 Å². The molecule has 0 aliphatic heterocycles. The van der Waals surface area contributed by atoms with Crippen LogP contribution in [0.5, 0.6) is 0 Å². The first-order valence-electron chi connectivity index (χ1n) is 6.11. The summed E-state index contributed by atoms with van der Waals surface area (Å²) in [5.41, 5.74) is 7.34. The second-order valence-corrected chi connectivity index (χ2v) is 5.38. The van der Waals surface area contributed by atoms with E-state index in [1.165, 1.54) is 12.1 Å². The Morgan fingerprint density at radius 3 is 2.52 bits per heavy atom. The first-order valence-corrected chi connectivity index (χ1v) is 6.90. The van der Waals surface area contributed by atoms with Crippen LogP contribution in [0, 0.1) is 11.6 Å². The molecule has 2 aromatic carbocycles. The number of pyridine rings is 1. The summed E-state index contributed by atoms with van der Waals surface area (Å²) in [6.07, 6.45) is 1.66. The predicted molar refractivity (Wildman–Crippen MR) is 83.5 cm³/mol. The number of rotatable bonds is 2. The van der Waals surface area contributed by atoms with Crippen molar-refractivity contribution in [2.75, 3.05) is 11.1 Å². The normalized spacial score (nSPS) is 10.8. The second-order valence-electron chi connectivity index (χ2n) is 4.47. The Kier molecular flexibility index (Phi) is 3.47. The molecule has 3 N–H and O–H groups in total. The molecule has 0 radical (unpaired) electrons. The molecule has 0 bridgehead atoms. The molecule has 0 saturated carbocycles. The van der Waals surface area contributed by atoms with Crippen molar-refractivity contribution >= 4 is 43.9 Å². The minimum Gasteiger partial charge on any atom is -0.396 e. The molecule has 106 valence electrons. The van der Waals surface area contributed by atoms with Gasteiger partial charge in [-0.05, 0) is 36.4 Å². The highest BCUT2D eigenvalue weighted by atomic mass is 79.9. The van der Waals surface area contributed by atoms with E-state index in [1.54, 1.807) is 30.5 Å². The summed E-state index contributed by atoms with van der Waals surface area (Å²) in [6, 6.07) is 9.31. The molecule has 3 nitrogen and oxygen atoms in total. The van der Waals surface area contributed by atoms with Crippen molar-refractivity contribution in [2.24, 2.45) is 0 Å². The molecular formula is C15H10BrF2N3. The van der Waals surface area contributed by atoms with Crippen LogP contribution in [-0.4, -0.2) is 4.98 Å². The van der Waals surface area contributed by atoms with Gasteiger partial charge < -0.3 is 11.1 Å². The summed E-state index contributed by atoms with van der Waals surface area (Å²) in [5.74, 6) is -1.40. The summed E-state index contributed by atoms with van der Waals surface area (Å²) < 4.78 is 28.0. The zero-order valence-corrected chi connectivity index (χ0v) is 12.3. The lowest BCUT2D eigenvalue weighted by molar-refractivity contribution is 0.589. The van der Waals surface area contributed by atoms with Gasteiger partial charge in [-0.25, -0.2) is 8.78 Å².